The van der Waals surface area contributed by atoms with E-state index in [4.69, 9.17) is 28.4 Å². The van der Waals surface area contributed by atoms with E-state index in [1.165, 1.54) is 27.4 Å². The van der Waals surface area contributed by atoms with E-state index in [-0.39, 0.29) is 13.4 Å². The Morgan fingerprint density at radius 1 is 0.964 bits per heavy atom. The van der Waals surface area contributed by atoms with Crippen molar-refractivity contribution in [3.8, 4) is 28.7 Å². The van der Waals surface area contributed by atoms with Crippen molar-refractivity contribution in [3.63, 3.8) is 0 Å². The summed E-state index contributed by atoms with van der Waals surface area (Å²) in [7, 11) is 4.61. The summed E-state index contributed by atoms with van der Waals surface area (Å²) < 4.78 is 32.2. The second-order valence-electron chi connectivity index (χ2n) is 5.79. The van der Waals surface area contributed by atoms with Crippen LogP contribution < -0.4 is 23.7 Å². The molecule has 1 aliphatic heterocycles. The van der Waals surface area contributed by atoms with Crippen LogP contribution in [0.5, 0.6) is 28.7 Å². The molecule has 3 rings (SSSR count). The summed E-state index contributed by atoms with van der Waals surface area (Å²) in [6.45, 7) is 2.20. The van der Waals surface area contributed by atoms with Crippen molar-refractivity contribution in [2.24, 2.45) is 0 Å². The van der Waals surface area contributed by atoms with Crippen LogP contribution in [0.25, 0.3) is 5.57 Å². The quantitative estimate of drug-likeness (QED) is 0.533. The van der Waals surface area contributed by atoms with Gasteiger partial charge in [-0.05, 0) is 47.9 Å². The van der Waals surface area contributed by atoms with Crippen molar-refractivity contribution in [2.75, 3.05) is 34.7 Å². The van der Waals surface area contributed by atoms with Crippen molar-refractivity contribution in [1.29, 1.82) is 0 Å². The number of ether oxygens (including phenoxy) is 6. The molecule has 0 atom stereocenters. The number of fused-ring (bicyclic) bond motifs is 1. The van der Waals surface area contributed by atoms with E-state index in [2.05, 4.69) is 0 Å². The first-order valence-electron chi connectivity index (χ1n) is 8.70. The van der Waals surface area contributed by atoms with Crippen LogP contribution in [0.1, 0.15) is 18.1 Å². The Hall–Kier alpha value is -3.35. The molecule has 0 aromatic heterocycles. The zero-order valence-corrected chi connectivity index (χ0v) is 16.2. The van der Waals surface area contributed by atoms with Gasteiger partial charge in [0.15, 0.2) is 23.0 Å². The van der Waals surface area contributed by atoms with Gasteiger partial charge < -0.3 is 28.4 Å². The number of carbonyl (C=O) groups is 1. The SMILES string of the molecule is CCOC(=O)C=C(c1ccc2c(c1)OCO2)c1cc(OC)c(OC)c(OC)c1. The van der Waals surface area contributed by atoms with Crippen molar-refractivity contribution in [3.05, 3.63) is 47.5 Å². The molecule has 0 amide bonds. The van der Waals surface area contributed by atoms with E-state index >= 15 is 0 Å². The third-order valence-electron chi connectivity index (χ3n) is 4.21. The lowest BCUT2D eigenvalue weighted by molar-refractivity contribution is -0.137. The topological polar surface area (TPSA) is 72.5 Å². The first-order valence-corrected chi connectivity index (χ1v) is 8.70. The minimum Gasteiger partial charge on any atom is -0.493 e. The Bertz CT molecular complexity index is 877. The number of esters is 1. The molecule has 0 unspecified atom stereocenters. The molecular formula is C21H22O7. The lowest BCUT2D eigenvalue weighted by atomic mass is 9.96. The molecule has 1 heterocycles. The van der Waals surface area contributed by atoms with Gasteiger partial charge in [-0.15, -0.1) is 0 Å². The monoisotopic (exact) mass is 386 g/mol. The fourth-order valence-corrected chi connectivity index (χ4v) is 2.94. The number of benzene rings is 2. The van der Waals surface area contributed by atoms with E-state index in [1.54, 1.807) is 25.1 Å². The molecule has 2 aromatic rings. The standard InChI is InChI=1S/C21H22O7/c1-5-26-20(22)11-15(13-6-7-16-17(8-13)28-12-27-16)14-9-18(23-2)21(25-4)19(10-14)24-3/h6-11H,5,12H2,1-4H3. The van der Waals surface area contributed by atoms with E-state index < -0.39 is 5.97 Å². The van der Waals surface area contributed by atoms with E-state index in [0.717, 1.165) is 5.56 Å². The zero-order chi connectivity index (χ0) is 20.1. The molecule has 28 heavy (non-hydrogen) atoms. The Labute approximate surface area is 163 Å². The van der Waals surface area contributed by atoms with E-state index in [1.807, 2.05) is 12.1 Å². The molecule has 7 heteroatoms. The first kappa shape index (κ1) is 19.4. The van der Waals surface area contributed by atoms with Crippen molar-refractivity contribution < 1.29 is 33.2 Å². The van der Waals surface area contributed by atoms with Crippen molar-refractivity contribution in [1.82, 2.24) is 0 Å². The van der Waals surface area contributed by atoms with Crippen LogP contribution >= 0.6 is 0 Å². The predicted molar refractivity (Wildman–Crippen MR) is 102 cm³/mol. The highest BCUT2D eigenvalue weighted by molar-refractivity contribution is 5.97. The fraction of sp³-hybridized carbons (Fsp3) is 0.286. The molecule has 0 saturated carbocycles. The fourth-order valence-electron chi connectivity index (χ4n) is 2.94. The number of rotatable bonds is 7. The maximum Gasteiger partial charge on any atom is 0.331 e. The third kappa shape index (κ3) is 3.83. The average Bonchev–Trinajstić information content (AvgIpc) is 3.18. The number of hydrogen-bond donors (Lipinski definition) is 0. The summed E-state index contributed by atoms with van der Waals surface area (Å²) in [6, 6.07) is 9.01. The number of hydrogen-bond acceptors (Lipinski definition) is 7. The van der Waals surface area contributed by atoms with Crippen molar-refractivity contribution >= 4 is 11.5 Å². The maximum absolute atomic E-state index is 12.2. The second kappa shape index (κ2) is 8.56. The molecule has 7 nitrogen and oxygen atoms in total. The van der Waals surface area contributed by atoms with Gasteiger partial charge in [0.25, 0.3) is 0 Å². The molecular weight excluding hydrogens is 364 g/mol. The summed E-state index contributed by atoms with van der Waals surface area (Å²) >= 11 is 0. The molecule has 148 valence electrons. The minimum absolute atomic E-state index is 0.167. The maximum atomic E-state index is 12.2. The summed E-state index contributed by atoms with van der Waals surface area (Å²) in [4.78, 5) is 12.2. The Kier molecular flexibility index (Phi) is 5.93. The Morgan fingerprint density at radius 2 is 1.64 bits per heavy atom. The van der Waals surface area contributed by atoms with Crippen LogP contribution in [0, 0.1) is 0 Å². The van der Waals surface area contributed by atoms with Gasteiger partial charge in [-0.1, -0.05) is 6.07 Å². The van der Waals surface area contributed by atoms with Crippen LogP contribution in [0.3, 0.4) is 0 Å². The summed E-state index contributed by atoms with van der Waals surface area (Å²) in [5.41, 5.74) is 2.07. The van der Waals surface area contributed by atoms with Crippen LogP contribution in [-0.4, -0.2) is 40.7 Å². The smallest absolute Gasteiger partial charge is 0.331 e. The van der Waals surface area contributed by atoms with Gasteiger partial charge in [-0.2, -0.15) is 0 Å². The van der Waals surface area contributed by atoms with Crippen LogP contribution in [0.2, 0.25) is 0 Å². The summed E-state index contributed by atoms with van der Waals surface area (Å²) in [5.74, 6) is 2.24. The predicted octanol–water partition coefficient (Wildman–Crippen LogP) is 3.44. The second-order valence-corrected chi connectivity index (χ2v) is 5.79. The van der Waals surface area contributed by atoms with Gasteiger partial charge in [0, 0.05) is 6.08 Å². The molecule has 2 aromatic carbocycles. The lowest BCUT2D eigenvalue weighted by Gasteiger charge is -2.16. The number of methoxy groups -OCH3 is 3. The van der Waals surface area contributed by atoms with Gasteiger partial charge in [0.05, 0.1) is 27.9 Å². The largest absolute Gasteiger partial charge is 0.493 e. The molecule has 0 spiro atoms. The molecule has 0 aliphatic carbocycles. The van der Waals surface area contributed by atoms with Gasteiger partial charge in [-0.3, -0.25) is 0 Å². The molecule has 1 aliphatic rings. The normalized spacial score (nSPS) is 12.5. The van der Waals surface area contributed by atoms with Crippen LogP contribution in [0.15, 0.2) is 36.4 Å². The summed E-state index contributed by atoms with van der Waals surface area (Å²) in [6.07, 6.45) is 1.43. The van der Waals surface area contributed by atoms with Gasteiger partial charge in [-0.25, -0.2) is 4.79 Å². The van der Waals surface area contributed by atoms with Crippen molar-refractivity contribution in [2.45, 2.75) is 6.92 Å². The number of carbonyl (C=O) groups excluding carboxylic acids is 1. The molecule has 0 fully saturated rings. The lowest BCUT2D eigenvalue weighted by Crippen LogP contribution is -2.03. The summed E-state index contributed by atoms with van der Waals surface area (Å²) in [5, 5.41) is 0. The van der Waals surface area contributed by atoms with Gasteiger partial charge in [0.2, 0.25) is 12.5 Å². The Morgan fingerprint density at radius 3 is 2.25 bits per heavy atom. The van der Waals surface area contributed by atoms with Crippen LogP contribution in [0.4, 0.5) is 0 Å². The molecule has 0 saturated heterocycles. The van der Waals surface area contributed by atoms with Crippen LogP contribution in [-0.2, 0) is 9.53 Å². The highest BCUT2D eigenvalue weighted by atomic mass is 16.7. The molecule has 0 bridgehead atoms. The highest BCUT2D eigenvalue weighted by Crippen LogP contribution is 2.42. The van der Waals surface area contributed by atoms with Gasteiger partial charge >= 0.3 is 5.97 Å². The molecule has 0 radical (unpaired) electrons. The van der Waals surface area contributed by atoms with E-state index in [0.29, 0.717) is 39.9 Å². The van der Waals surface area contributed by atoms with Gasteiger partial charge in [0.1, 0.15) is 0 Å². The Balaban J connectivity index is 2.16. The minimum atomic E-state index is -0.455. The average molecular weight is 386 g/mol. The highest BCUT2D eigenvalue weighted by Gasteiger charge is 2.20. The third-order valence-corrected chi connectivity index (χ3v) is 4.21. The first-order chi connectivity index (χ1) is 13.6. The molecule has 0 N–H and O–H groups in total. The zero-order valence-electron chi connectivity index (χ0n) is 16.2. The van der Waals surface area contributed by atoms with E-state index in [9.17, 15) is 4.79 Å².